The molecule has 1 aliphatic rings. The monoisotopic (exact) mass is 263 g/mol. The molecule has 3 nitrogen and oxygen atoms in total. The summed E-state index contributed by atoms with van der Waals surface area (Å²) in [4.78, 5) is 8.90. The van der Waals surface area contributed by atoms with Gasteiger partial charge in [0.05, 0.1) is 0 Å². The molecule has 1 aliphatic heterocycles. The third kappa shape index (κ3) is 2.98. The van der Waals surface area contributed by atoms with Gasteiger partial charge in [0.25, 0.3) is 0 Å². The molecule has 2 aromatic rings. The van der Waals surface area contributed by atoms with Crippen molar-refractivity contribution < 1.29 is 0 Å². The molecular formula is C14H18ClN3. The minimum atomic E-state index is 0. The van der Waals surface area contributed by atoms with Gasteiger partial charge in [0.1, 0.15) is 0 Å². The molecule has 0 radical (unpaired) electrons. The van der Waals surface area contributed by atoms with Gasteiger partial charge < -0.3 is 5.32 Å². The van der Waals surface area contributed by atoms with Crippen molar-refractivity contribution in [2.75, 3.05) is 13.1 Å². The van der Waals surface area contributed by atoms with E-state index in [0.29, 0.717) is 0 Å². The molecule has 0 aromatic carbocycles. The number of hydrogen-bond donors (Lipinski definition) is 1. The summed E-state index contributed by atoms with van der Waals surface area (Å²) in [5, 5.41) is 4.53. The van der Waals surface area contributed by atoms with Crippen LogP contribution in [0.3, 0.4) is 0 Å². The first-order valence-corrected chi connectivity index (χ1v) is 6.33. The summed E-state index contributed by atoms with van der Waals surface area (Å²) in [6, 6.07) is 8.26. The Morgan fingerprint density at radius 1 is 1.28 bits per heavy atom. The molecule has 1 atom stereocenters. The molecule has 0 saturated carbocycles. The van der Waals surface area contributed by atoms with E-state index in [-0.39, 0.29) is 12.4 Å². The van der Waals surface area contributed by atoms with E-state index in [9.17, 15) is 0 Å². The lowest BCUT2D eigenvalue weighted by Crippen LogP contribution is -2.09. The number of halogens is 1. The van der Waals surface area contributed by atoms with Crippen LogP contribution in [0, 0.1) is 5.92 Å². The number of fused-ring (bicyclic) bond motifs is 1. The van der Waals surface area contributed by atoms with E-state index < -0.39 is 0 Å². The fourth-order valence-electron chi connectivity index (χ4n) is 2.44. The van der Waals surface area contributed by atoms with Crippen LogP contribution in [0.25, 0.3) is 11.0 Å². The molecule has 1 N–H and O–H groups in total. The van der Waals surface area contributed by atoms with Crippen molar-refractivity contribution in [3.05, 3.63) is 36.2 Å². The summed E-state index contributed by atoms with van der Waals surface area (Å²) in [6.45, 7) is 2.35. The number of rotatable bonds is 3. The van der Waals surface area contributed by atoms with Crippen LogP contribution in [-0.4, -0.2) is 23.1 Å². The van der Waals surface area contributed by atoms with E-state index in [0.717, 1.165) is 23.4 Å². The van der Waals surface area contributed by atoms with E-state index in [2.05, 4.69) is 33.5 Å². The van der Waals surface area contributed by atoms with E-state index in [4.69, 9.17) is 0 Å². The Kier molecular flexibility index (Phi) is 4.50. The highest BCUT2D eigenvalue weighted by molar-refractivity contribution is 5.85. The second-order valence-corrected chi connectivity index (χ2v) is 4.75. The Bertz CT molecular complexity index is 509. The van der Waals surface area contributed by atoms with Gasteiger partial charge in [-0.1, -0.05) is 0 Å². The Labute approximate surface area is 113 Å². The quantitative estimate of drug-likeness (QED) is 0.925. The van der Waals surface area contributed by atoms with Crippen LogP contribution in [0.4, 0.5) is 0 Å². The molecule has 2 aromatic heterocycles. The second-order valence-electron chi connectivity index (χ2n) is 4.75. The number of nitrogens with one attached hydrogen (secondary N) is 1. The van der Waals surface area contributed by atoms with Crippen molar-refractivity contribution in [1.82, 2.24) is 15.3 Å². The Morgan fingerprint density at radius 3 is 3.06 bits per heavy atom. The predicted octanol–water partition coefficient (Wildman–Crippen LogP) is 2.59. The molecule has 18 heavy (non-hydrogen) atoms. The number of hydrogen-bond acceptors (Lipinski definition) is 3. The molecular weight excluding hydrogens is 246 g/mol. The third-order valence-electron chi connectivity index (χ3n) is 3.49. The van der Waals surface area contributed by atoms with Crippen molar-refractivity contribution >= 4 is 23.4 Å². The number of aryl methyl sites for hydroxylation is 1. The smallest absolute Gasteiger partial charge is 0.159 e. The lowest BCUT2D eigenvalue weighted by Gasteiger charge is -2.07. The zero-order chi connectivity index (χ0) is 11.5. The average Bonchev–Trinajstić information content (AvgIpc) is 2.89. The highest BCUT2D eigenvalue weighted by atomic mass is 35.5. The van der Waals surface area contributed by atoms with Crippen molar-refractivity contribution in [3.63, 3.8) is 0 Å². The number of aromatic nitrogens is 2. The summed E-state index contributed by atoms with van der Waals surface area (Å²) >= 11 is 0. The minimum Gasteiger partial charge on any atom is -0.316 e. The Hall–Kier alpha value is -1.19. The van der Waals surface area contributed by atoms with Gasteiger partial charge in [-0.25, -0.2) is 9.97 Å². The molecule has 0 spiro atoms. The summed E-state index contributed by atoms with van der Waals surface area (Å²) in [6.07, 6.45) is 5.42. The van der Waals surface area contributed by atoms with Crippen molar-refractivity contribution in [1.29, 1.82) is 0 Å². The van der Waals surface area contributed by atoms with E-state index in [1.165, 1.54) is 31.6 Å². The van der Waals surface area contributed by atoms with Gasteiger partial charge in [-0.2, -0.15) is 0 Å². The molecule has 1 saturated heterocycles. The van der Waals surface area contributed by atoms with E-state index >= 15 is 0 Å². The van der Waals surface area contributed by atoms with Gasteiger partial charge in [0, 0.05) is 17.3 Å². The molecule has 4 heteroatoms. The Balaban J connectivity index is 0.00000120. The van der Waals surface area contributed by atoms with Crippen LogP contribution in [-0.2, 0) is 6.42 Å². The summed E-state index contributed by atoms with van der Waals surface area (Å²) in [7, 11) is 0. The summed E-state index contributed by atoms with van der Waals surface area (Å²) < 4.78 is 0. The molecule has 3 heterocycles. The van der Waals surface area contributed by atoms with Crippen LogP contribution in [0.2, 0.25) is 0 Å². The van der Waals surface area contributed by atoms with E-state index in [1.807, 2.05) is 6.07 Å². The number of pyridine rings is 2. The first kappa shape index (κ1) is 13.2. The zero-order valence-electron chi connectivity index (χ0n) is 10.3. The molecule has 0 aliphatic carbocycles. The van der Waals surface area contributed by atoms with Crippen LogP contribution in [0.5, 0.6) is 0 Å². The van der Waals surface area contributed by atoms with Crippen molar-refractivity contribution in [3.8, 4) is 0 Å². The largest absolute Gasteiger partial charge is 0.316 e. The maximum atomic E-state index is 4.60. The maximum Gasteiger partial charge on any atom is 0.159 e. The lowest BCUT2D eigenvalue weighted by atomic mass is 10.0. The lowest BCUT2D eigenvalue weighted by molar-refractivity contribution is 0.529. The molecule has 0 amide bonds. The van der Waals surface area contributed by atoms with Gasteiger partial charge >= 0.3 is 0 Å². The predicted molar refractivity (Wildman–Crippen MR) is 76.1 cm³/mol. The van der Waals surface area contributed by atoms with Crippen LogP contribution >= 0.6 is 12.4 Å². The van der Waals surface area contributed by atoms with Crippen LogP contribution < -0.4 is 5.32 Å². The highest BCUT2D eigenvalue weighted by Crippen LogP contribution is 2.16. The topological polar surface area (TPSA) is 37.8 Å². The SMILES string of the molecule is Cl.c1cnc2nc(CC[C@@H]3CCNC3)ccc2c1. The number of nitrogens with zero attached hydrogens (tertiary/aromatic N) is 2. The molecule has 1 fully saturated rings. The van der Waals surface area contributed by atoms with Gasteiger partial charge in [-0.3, -0.25) is 0 Å². The first-order chi connectivity index (χ1) is 8.42. The third-order valence-corrected chi connectivity index (χ3v) is 3.49. The molecule has 96 valence electrons. The second kappa shape index (κ2) is 6.12. The molecule has 0 bridgehead atoms. The van der Waals surface area contributed by atoms with Crippen LogP contribution in [0.15, 0.2) is 30.5 Å². The maximum absolute atomic E-state index is 4.60. The van der Waals surface area contributed by atoms with Crippen LogP contribution in [0.1, 0.15) is 18.5 Å². The highest BCUT2D eigenvalue weighted by Gasteiger charge is 2.14. The standard InChI is InChI=1S/C14H17N3.ClH/c1-2-12-4-6-13(17-14(12)16-8-1)5-3-11-7-9-15-10-11;/h1-2,4,6,8,11,15H,3,5,7,9-10H2;1H/t11-;/m1./s1. The summed E-state index contributed by atoms with van der Waals surface area (Å²) in [5.41, 5.74) is 2.04. The van der Waals surface area contributed by atoms with Gasteiger partial charge in [-0.15, -0.1) is 12.4 Å². The van der Waals surface area contributed by atoms with E-state index in [1.54, 1.807) is 6.20 Å². The average molecular weight is 264 g/mol. The molecule has 3 rings (SSSR count). The van der Waals surface area contributed by atoms with Gasteiger partial charge in [0.2, 0.25) is 0 Å². The van der Waals surface area contributed by atoms with Gasteiger partial charge in [-0.05, 0) is 62.5 Å². The zero-order valence-corrected chi connectivity index (χ0v) is 11.1. The molecule has 0 unspecified atom stereocenters. The first-order valence-electron chi connectivity index (χ1n) is 6.33. The Morgan fingerprint density at radius 2 is 2.22 bits per heavy atom. The van der Waals surface area contributed by atoms with Crippen molar-refractivity contribution in [2.24, 2.45) is 5.92 Å². The normalized spacial score (nSPS) is 18.8. The fraction of sp³-hybridized carbons (Fsp3) is 0.429. The van der Waals surface area contributed by atoms with Gasteiger partial charge in [0.15, 0.2) is 5.65 Å². The summed E-state index contributed by atoms with van der Waals surface area (Å²) in [5.74, 6) is 0.830. The fourth-order valence-corrected chi connectivity index (χ4v) is 2.44. The minimum absolute atomic E-state index is 0. The van der Waals surface area contributed by atoms with Crippen molar-refractivity contribution in [2.45, 2.75) is 19.3 Å².